The summed E-state index contributed by atoms with van der Waals surface area (Å²) < 4.78 is 0.727. The van der Waals surface area contributed by atoms with Crippen LogP contribution in [-0.4, -0.2) is 38.8 Å². The Labute approximate surface area is 157 Å². The van der Waals surface area contributed by atoms with Gasteiger partial charge in [0.25, 0.3) is 0 Å². The number of hydrogen-bond acceptors (Lipinski definition) is 5. The first kappa shape index (κ1) is 23.1. The van der Waals surface area contributed by atoms with Crippen LogP contribution in [0.5, 0.6) is 0 Å². The first-order chi connectivity index (χ1) is 10.7. The predicted molar refractivity (Wildman–Crippen MR) is 114 cm³/mol. The summed E-state index contributed by atoms with van der Waals surface area (Å²) >= 11 is 12.8. The minimum atomic E-state index is -0.245. The maximum Gasteiger partial charge on any atom is 0.0720 e. The average molecular weight is 383 g/mol. The van der Waals surface area contributed by atoms with E-state index < -0.39 is 0 Å². The second-order valence-corrected chi connectivity index (χ2v) is 9.18. The van der Waals surface area contributed by atoms with Crippen LogP contribution in [0.1, 0.15) is 58.3 Å². The highest BCUT2D eigenvalue weighted by molar-refractivity contribution is 8.17. The number of allylic oxidation sites excluding steroid dienone is 1. The molecule has 1 unspecified atom stereocenters. The van der Waals surface area contributed by atoms with Gasteiger partial charge in [0.2, 0.25) is 0 Å². The van der Waals surface area contributed by atoms with Crippen LogP contribution in [0.2, 0.25) is 0 Å². The van der Waals surface area contributed by atoms with Crippen LogP contribution in [0, 0.1) is 0 Å². The average Bonchev–Trinajstić information content (AvgIpc) is 2.52. The van der Waals surface area contributed by atoms with Crippen LogP contribution < -0.4 is 0 Å². The van der Waals surface area contributed by atoms with E-state index in [1.54, 1.807) is 0 Å². The Bertz CT molecular complexity index is 239. The number of unbranched alkanes of at least 4 members (excludes halogenated alkanes) is 2. The van der Waals surface area contributed by atoms with Crippen LogP contribution in [-0.2, 0) is 0 Å². The highest BCUT2D eigenvalue weighted by Gasteiger charge is 2.09. The summed E-state index contributed by atoms with van der Waals surface area (Å²) in [5.41, 5.74) is 0. The van der Waals surface area contributed by atoms with E-state index in [4.69, 9.17) is 0 Å². The van der Waals surface area contributed by atoms with Crippen LogP contribution in [0.25, 0.3) is 0 Å². The summed E-state index contributed by atoms with van der Waals surface area (Å²) in [6.45, 7) is 2.10. The Kier molecular flexibility index (Phi) is 19.4. The predicted octanol–water partition coefficient (Wildman–Crippen LogP) is 5.70. The van der Waals surface area contributed by atoms with Crippen molar-refractivity contribution in [3.63, 3.8) is 0 Å². The third-order valence-corrected chi connectivity index (χ3v) is 6.96. The zero-order chi connectivity index (χ0) is 16.5. The quantitative estimate of drug-likeness (QED) is 0.138. The van der Waals surface area contributed by atoms with Gasteiger partial charge in [0.1, 0.15) is 0 Å². The third kappa shape index (κ3) is 16.0. The minimum Gasteiger partial charge on any atom is -0.389 e. The van der Waals surface area contributed by atoms with Crippen LogP contribution in [0.15, 0.2) is 12.2 Å². The van der Waals surface area contributed by atoms with Crippen molar-refractivity contribution in [1.29, 1.82) is 0 Å². The van der Waals surface area contributed by atoms with Crippen molar-refractivity contribution in [1.82, 2.24) is 0 Å². The van der Waals surface area contributed by atoms with Crippen molar-refractivity contribution in [2.75, 3.05) is 23.0 Å². The van der Waals surface area contributed by atoms with Crippen molar-refractivity contribution in [3.05, 3.63) is 12.2 Å². The fourth-order valence-electron chi connectivity index (χ4n) is 2.00. The van der Waals surface area contributed by atoms with Crippen molar-refractivity contribution in [2.45, 2.75) is 69.0 Å². The summed E-state index contributed by atoms with van der Waals surface area (Å²) in [6.07, 6.45) is 13.0. The number of thioether (sulfide) groups is 2. The molecule has 0 amide bonds. The van der Waals surface area contributed by atoms with E-state index in [-0.39, 0.29) is 6.10 Å². The number of thiol groups is 2. The molecule has 0 saturated heterocycles. The van der Waals surface area contributed by atoms with Crippen LogP contribution >= 0.6 is 48.8 Å². The van der Waals surface area contributed by atoms with E-state index in [0.29, 0.717) is 0 Å². The topological polar surface area (TPSA) is 20.2 Å². The molecule has 0 spiro atoms. The van der Waals surface area contributed by atoms with Crippen molar-refractivity contribution in [3.8, 4) is 0 Å². The SMILES string of the molecule is CC/C=C/C(O)CCCCCC(SCCCS)SCCCS. The molecule has 0 fully saturated rings. The lowest BCUT2D eigenvalue weighted by Crippen LogP contribution is -2.03. The lowest BCUT2D eigenvalue weighted by molar-refractivity contribution is 0.208. The summed E-state index contributed by atoms with van der Waals surface area (Å²) in [7, 11) is 0. The molecule has 0 rings (SSSR count). The standard InChI is InChI=1S/C17H34OS4/c1-2-3-9-16(18)10-5-4-6-11-17(21-14-7-12-19)22-15-8-13-20/h3,9,16-20H,2,4-8,10-15H2,1H3/b9-3+. The smallest absolute Gasteiger partial charge is 0.0720 e. The molecule has 1 atom stereocenters. The molecule has 0 bridgehead atoms. The summed E-state index contributed by atoms with van der Waals surface area (Å²) in [4.78, 5) is 0. The Morgan fingerprint density at radius 2 is 1.50 bits per heavy atom. The lowest BCUT2D eigenvalue weighted by Gasteiger charge is -2.16. The van der Waals surface area contributed by atoms with E-state index in [1.165, 1.54) is 43.6 Å². The lowest BCUT2D eigenvalue weighted by atomic mass is 10.1. The fraction of sp³-hybridized carbons (Fsp3) is 0.882. The van der Waals surface area contributed by atoms with Gasteiger partial charge in [-0.05, 0) is 55.1 Å². The maximum atomic E-state index is 9.77. The van der Waals surface area contributed by atoms with E-state index >= 15 is 0 Å². The molecule has 0 saturated carbocycles. The van der Waals surface area contributed by atoms with Gasteiger partial charge in [0.05, 0.1) is 10.7 Å². The van der Waals surface area contributed by atoms with Crippen LogP contribution in [0.4, 0.5) is 0 Å². The van der Waals surface area contributed by atoms with E-state index in [9.17, 15) is 5.11 Å². The van der Waals surface area contributed by atoms with Gasteiger partial charge in [-0.15, -0.1) is 23.5 Å². The molecular formula is C17H34OS4. The van der Waals surface area contributed by atoms with Gasteiger partial charge in [-0.3, -0.25) is 0 Å². The number of rotatable bonds is 16. The monoisotopic (exact) mass is 382 g/mol. The van der Waals surface area contributed by atoms with Gasteiger partial charge >= 0.3 is 0 Å². The molecule has 1 N–H and O–H groups in total. The first-order valence-corrected chi connectivity index (χ1v) is 11.9. The van der Waals surface area contributed by atoms with E-state index in [1.807, 2.05) is 6.08 Å². The van der Waals surface area contributed by atoms with Crippen molar-refractivity contribution in [2.24, 2.45) is 0 Å². The number of hydrogen-bond donors (Lipinski definition) is 3. The molecule has 0 aromatic carbocycles. The Hall–Kier alpha value is 1.10. The van der Waals surface area contributed by atoms with Gasteiger partial charge < -0.3 is 5.11 Å². The van der Waals surface area contributed by atoms with Crippen molar-refractivity contribution < 1.29 is 5.11 Å². The van der Waals surface area contributed by atoms with Gasteiger partial charge in [-0.25, -0.2) is 0 Å². The van der Waals surface area contributed by atoms with E-state index in [2.05, 4.69) is 61.8 Å². The highest BCUT2D eigenvalue weighted by atomic mass is 32.2. The summed E-state index contributed by atoms with van der Waals surface area (Å²) in [6, 6.07) is 0. The van der Waals surface area contributed by atoms with Gasteiger partial charge in [-0.1, -0.05) is 38.3 Å². The molecular weight excluding hydrogens is 348 g/mol. The molecule has 0 aliphatic rings. The second kappa shape index (κ2) is 18.4. The molecule has 0 aromatic rings. The molecule has 1 nitrogen and oxygen atoms in total. The van der Waals surface area contributed by atoms with Gasteiger partial charge in [-0.2, -0.15) is 25.3 Å². The Balaban J connectivity index is 3.73. The molecule has 0 aliphatic heterocycles. The molecule has 22 heavy (non-hydrogen) atoms. The summed E-state index contributed by atoms with van der Waals surface area (Å²) in [5, 5.41) is 9.77. The Morgan fingerprint density at radius 3 is 2.05 bits per heavy atom. The van der Waals surface area contributed by atoms with Crippen LogP contribution in [0.3, 0.4) is 0 Å². The summed E-state index contributed by atoms with van der Waals surface area (Å²) in [5.74, 6) is 4.43. The normalized spacial score (nSPS) is 13.3. The zero-order valence-electron chi connectivity index (χ0n) is 14.0. The van der Waals surface area contributed by atoms with E-state index in [0.717, 1.165) is 35.4 Å². The fourth-order valence-corrected chi connectivity index (χ4v) is 5.52. The maximum absolute atomic E-state index is 9.77. The van der Waals surface area contributed by atoms with Gasteiger partial charge in [0, 0.05) is 0 Å². The second-order valence-electron chi connectivity index (χ2n) is 5.37. The number of aliphatic hydroxyl groups is 1. The molecule has 0 radical (unpaired) electrons. The molecule has 0 heterocycles. The molecule has 132 valence electrons. The molecule has 0 aliphatic carbocycles. The first-order valence-electron chi connectivity index (χ1n) is 8.54. The number of aliphatic hydroxyl groups excluding tert-OH is 1. The van der Waals surface area contributed by atoms with Gasteiger partial charge in [0.15, 0.2) is 0 Å². The van der Waals surface area contributed by atoms with Crippen molar-refractivity contribution >= 4 is 48.8 Å². The highest BCUT2D eigenvalue weighted by Crippen LogP contribution is 2.30. The minimum absolute atomic E-state index is 0.245. The molecule has 0 aromatic heterocycles. The largest absolute Gasteiger partial charge is 0.389 e. The zero-order valence-corrected chi connectivity index (χ0v) is 17.4. The Morgan fingerprint density at radius 1 is 0.909 bits per heavy atom. The molecule has 5 heteroatoms. The third-order valence-electron chi connectivity index (χ3n) is 3.25.